The van der Waals surface area contributed by atoms with Crippen molar-refractivity contribution in [3.63, 3.8) is 0 Å². The molecule has 0 saturated heterocycles. The number of carbonyl (C=O) groups excluding carboxylic acids is 3. The maximum Gasteiger partial charge on any atom is 0.251 e. The molecule has 0 aliphatic heterocycles. The van der Waals surface area contributed by atoms with E-state index in [1.54, 1.807) is 12.1 Å². The Morgan fingerprint density at radius 1 is 0.760 bits per heavy atom. The molecule has 0 unspecified atom stereocenters. The van der Waals surface area contributed by atoms with Gasteiger partial charge in [0.25, 0.3) is 5.91 Å². The SMILES string of the molecule is Cc1ccc(C(=O)NCC(=O)NCC(=O)NCc2ccccc2)cc1. The van der Waals surface area contributed by atoms with E-state index in [9.17, 15) is 14.4 Å². The Morgan fingerprint density at radius 2 is 1.36 bits per heavy atom. The van der Waals surface area contributed by atoms with Gasteiger partial charge in [-0.15, -0.1) is 0 Å². The van der Waals surface area contributed by atoms with Crippen LogP contribution in [0.15, 0.2) is 54.6 Å². The fourth-order valence-corrected chi connectivity index (χ4v) is 2.07. The number of benzene rings is 2. The second kappa shape index (κ2) is 9.22. The first-order chi connectivity index (χ1) is 12.0. The van der Waals surface area contributed by atoms with Gasteiger partial charge in [0.1, 0.15) is 0 Å². The fraction of sp³-hybridized carbons (Fsp3) is 0.211. The third kappa shape index (κ3) is 6.47. The van der Waals surface area contributed by atoms with Crippen LogP contribution in [-0.4, -0.2) is 30.8 Å². The van der Waals surface area contributed by atoms with E-state index in [1.807, 2.05) is 49.4 Å². The van der Waals surface area contributed by atoms with Gasteiger partial charge in [-0.05, 0) is 24.6 Å². The third-order valence-corrected chi connectivity index (χ3v) is 3.50. The maximum absolute atomic E-state index is 11.9. The summed E-state index contributed by atoms with van der Waals surface area (Å²) in [4.78, 5) is 35.3. The second-order valence-corrected chi connectivity index (χ2v) is 5.59. The highest BCUT2D eigenvalue weighted by Gasteiger charge is 2.09. The molecule has 0 spiro atoms. The number of nitrogens with one attached hydrogen (secondary N) is 3. The van der Waals surface area contributed by atoms with Crippen LogP contribution in [0, 0.1) is 6.92 Å². The number of carbonyl (C=O) groups is 3. The van der Waals surface area contributed by atoms with Crippen LogP contribution in [0.5, 0.6) is 0 Å². The number of rotatable bonds is 7. The van der Waals surface area contributed by atoms with Gasteiger partial charge in [-0.1, -0.05) is 48.0 Å². The first-order valence-electron chi connectivity index (χ1n) is 7.97. The lowest BCUT2D eigenvalue weighted by molar-refractivity contribution is -0.125. The van der Waals surface area contributed by atoms with Crippen LogP contribution < -0.4 is 16.0 Å². The minimum absolute atomic E-state index is 0.133. The molecule has 130 valence electrons. The highest BCUT2D eigenvalue weighted by Crippen LogP contribution is 2.02. The standard InChI is InChI=1S/C19H21N3O3/c1-14-7-9-16(10-8-14)19(25)22-13-18(24)21-12-17(23)20-11-15-5-3-2-4-6-15/h2-10H,11-13H2,1H3,(H,20,23)(H,21,24)(H,22,25). The molecule has 0 radical (unpaired) electrons. The monoisotopic (exact) mass is 339 g/mol. The van der Waals surface area contributed by atoms with Gasteiger partial charge in [0.15, 0.2) is 0 Å². The van der Waals surface area contributed by atoms with E-state index in [4.69, 9.17) is 0 Å². The molecule has 2 rings (SSSR count). The molecule has 0 atom stereocenters. The van der Waals surface area contributed by atoms with Crippen LogP contribution >= 0.6 is 0 Å². The molecule has 0 aromatic heterocycles. The van der Waals surface area contributed by atoms with E-state index in [0.717, 1.165) is 11.1 Å². The number of aryl methyl sites for hydroxylation is 1. The summed E-state index contributed by atoms with van der Waals surface area (Å²) in [5, 5.41) is 7.70. The molecule has 3 amide bonds. The van der Waals surface area contributed by atoms with Crippen molar-refractivity contribution in [2.75, 3.05) is 13.1 Å². The number of hydrogen-bond donors (Lipinski definition) is 3. The lowest BCUT2D eigenvalue weighted by Gasteiger charge is -2.08. The molecule has 25 heavy (non-hydrogen) atoms. The Kier molecular flexibility index (Phi) is 6.71. The van der Waals surface area contributed by atoms with Crippen LogP contribution in [0.2, 0.25) is 0 Å². The minimum atomic E-state index is -0.421. The summed E-state index contributed by atoms with van der Waals surface area (Å²) in [5.74, 6) is -1.04. The molecule has 6 nitrogen and oxygen atoms in total. The molecular formula is C19H21N3O3. The summed E-state index contributed by atoms with van der Waals surface area (Å²) in [6, 6.07) is 16.5. The van der Waals surface area contributed by atoms with E-state index < -0.39 is 5.91 Å². The Bertz CT molecular complexity index is 727. The van der Waals surface area contributed by atoms with Crippen molar-refractivity contribution in [2.45, 2.75) is 13.5 Å². The smallest absolute Gasteiger partial charge is 0.251 e. The van der Waals surface area contributed by atoms with Gasteiger partial charge >= 0.3 is 0 Å². The van der Waals surface area contributed by atoms with Gasteiger partial charge in [0, 0.05) is 12.1 Å². The molecule has 0 aliphatic rings. The van der Waals surface area contributed by atoms with Crippen molar-refractivity contribution in [3.05, 3.63) is 71.3 Å². The van der Waals surface area contributed by atoms with Crippen LogP contribution in [0.3, 0.4) is 0 Å². The van der Waals surface area contributed by atoms with E-state index in [2.05, 4.69) is 16.0 Å². The molecule has 2 aromatic carbocycles. The van der Waals surface area contributed by atoms with Crippen molar-refractivity contribution in [3.8, 4) is 0 Å². The number of amides is 3. The normalized spacial score (nSPS) is 9.96. The Morgan fingerprint density at radius 3 is 2.04 bits per heavy atom. The summed E-state index contributed by atoms with van der Waals surface area (Å²) < 4.78 is 0. The Balaban J connectivity index is 1.65. The maximum atomic E-state index is 11.9. The van der Waals surface area contributed by atoms with Gasteiger partial charge in [0.05, 0.1) is 13.1 Å². The van der Waals surface area contributed by atoms with Gasteiger partial charge in [-0.2, -0.15) is 0 Å². The first-order valence-corrected chi connectivity index (χ1v) is 7.97. The molecule has 2 aromatic rings. The molecule has 3 N–H and O–H groups in total. The molecule has 0 saturated carbocycles. The van der Waals surface area contributed by atoms with E-state index >= 15 is 0 Å². The van der Waals surface area contributed by atoms with Crippen molar-refractivity contribution in [1.82, 2.24) is 16.0 Å². The zero-order valence-electron chi connectivity index (χ0n) is 14.0. The summed E-state index contributed by atoms with van der Waals surface area (Å²) in [5.41, 5.74) is 2.52. The molecular weight excluding hydrogens is 318 g/mol. The summed E-state index contributed by atoms with van der Waals surface area (Å²) in [7, 11) is 0. The quantitative estimate of drug-likeness (QED) is 0.707. The van der Waals surface area contributed by atoms with Gasteiger partial charge < -0.3 is 16.0 Å². The van der Waals surface area contributed by atoms with Gasteiger partial charge in [-0.25, -0.2) is 0 Å². The lowest BCUT2D eigenvalue weighted by atomic mass is 10.1. The zero-order valence-corrected chi connectivity index (χ0v) is 14.0. The number of hydrogen-bond acceptors (Lipinski definition) is 3. The Hall–Kier alpha value is -3.15. The van der Waals surface area contributed by atoms with Gasteiger partial charge in [-0.3, -0.25) is 14.4 Å². The fourth-order valence-electron chi connectivity index (χ4n) is 2.07. The minimum Gasteiger partial charge on any atom is -0.350 e. The predicted molar refractivity (Wildman–Crippen MR) is 94.8 cm³/mol. The highest BCUT2D eigenvalue weighted by atomic mass is 16.2. The van der Waals surface area contributed by atoms with Crippen molar-refractivity contribution in [1.29, 1.82) is 0 Å². The molecule has 0 heterocycles. The van der Waals surface area contributed by atoms with Crippen molar-refractivity contribution in [2.24, 2.45) is 0 Å². The molecule has 6 heteroatoms. The molecule has 0 fully saturated rings. The zero-order chi connectivity index (χ0) is 18.1. The van der Waals surface area contributed by atoms with Crippen molar-refractivity contribution >= 4 is 17.7 Å². The van der Waals surface area contributed by atoms with Crippen molar-refractivity contribution < 1.29 is 14.4 Å². The second-order valence-electron chi connectivity index (χ2n) is 5.59. The van der Waals surface area contributed by atoms with E-state index in [1.165, 1.54) is 0 Å². The molecule has 0 bridgehead atoms. The van der Waals surface area contributed by atoms with Crippen LogP contribution in [0.25, 0.3) is 0 Å². The predicted octanol–water partition coefficient (Wildman–Crippen LogP) is 1.16. The summed E-state index contributed by atoms with van der Waals surface area (Å²) in [6.07, 6.45) is 0. The van der Waals surface area contributed by atoms with Crippen LogP contribution in [0.1, 0.15) is 21.5 Å². The topological polar surface area (TPSA) is 87.3 Å². The van der Waals surface area contributed by atoms with Crippen LogP contribution in [-0.2, 0) is 16.1 Å². The van der Waals surface area contributed by atoms with Gasteiger partial charge in [0.2, 0.25) is 11.8 Å². The van der Waals surface area contributed by atoms with E-state index in [0.29, 0.717) is 12.1 Å². The molecule has 0 aliphatic carbocycles. The first kappa shape index (κ1) is 18.2. The summed E-state index contributed by atoms with van der Waals surface area (Å²) in [6.45, 7) is 2.02. The Labute approximate surface area is 146 Å². The highest BCUT2D eigenvalue weighted by molar-refractivity contribution is 5.96. The third-order valence-electron chi connectivity index (χ3n) is 3.50. The average molecular weight is 339 g/mol. The lowest BCUT2D eigenvalue weighted by Crippen LogP contribution is -2.41. The van der Waals surface area contributed by atoms with Crippen LogP contribution in [0.4, 0.5) is 0 Å². The average Bonchev–Trinajstić information content (AvgIpc) is 2.64. The largest absolute Gasteiger partial charge is 0.350 e. The van der Waals surface area contributed by atoms with E-state index in [-0.39, 0.29) is 24.9 Å². The summed E-state index contributed by atoms with van der Waals surface area (Å²) >= 11 is 0.